The molecular formula is C15H17NO3S. The molecule has 2 aromatic rings. The summed E-state index contributed by atoms with van der Waals surface area (Å²) in [5.41, 5.74) is 1.68. The van der Waals surface area contributed by atoms with Gasteiger partial charge in [-0.25, -0.2) is 9.78 Å². The highest BCUT2D eigenvalue weighted by atomic mass is 32.1. The predicted molar refractivity (Wildman–Crippen MR) is 78.8 cm³/mol. The molecule has 0 aliphatic rings. The van der Waals surface area contributed by atoms with Gasteiger partial charge in [0.15, 0.2) is 0 Å². The number of carboxylic acid groups (broad SMARTS) is 1. The fourth-order valence-corrected chi connectivity index (χ4v) is 2.76. The smallest absolute Gasteiger partial charge is 0.347 e. The Balaban J connectivity index is 2.06. The zero-order valence-corrected chi connectivity index (χ0v) is 12.4. The molecular weight excluding hydrogens is 274 g/mol. The Kier molecular flexibility index (Phi) is 4.74. The van der Waals surface area contributed by atoms with Gasteiger partial charge in [-0.15, -0.1) is 11.3 Å². The summed E-state index contributed by atoms with van der Waals surface area (Å²) < 4.78 is 5.52. The van der Waals surface area contributed by atoms with E-state index in [2.05, 4.69) is 11.9 Å². The Morgan fingerprint density at radius 2 is 2.05 bits per heavy atom. The minimum atomic E-state index is -0.908. The van der Waals surface area contributed by atoms with Gasteiger partial charge in [-0.3, -0.25) is 0 Å². The highest BCUT2D eigenvalue weighted by Gasteiger charge is 2.13. The second-order valence-electron chi connectivity index (χ2n) is 4.50. The maximum Gasteiger partial charge on any atom is 0.347 e. The van der Waals surface area contributed by atoms with Crippen LogP contribution in [0.5, 0.6) is 5.75 Å². The standard InChI is InChI=1S/C15H17NO3S/c1-3-8-19-12-6-4-11(5-7-12)9-13-16-10(2)14(20-13)15(17)18/h4-7H,3,8-9H2,1-2H3,(H,17,18). The van der Waals surface area contributed by atoms with E-state index in [-0.39, 0.29) is 0 Å². The van der Waals surface area contributed by atoms with Crippen molar-refractivity contribution < 1.29 is 14.6 Å². The van der Waals surface area contributed by atoms with Crippen molar-refractivity contribution in [1.29, 1.82) is 0 Å². The first-order chi connectivity index (χ1) is 9.60. The fourth-order valence-electron chi connectivity index (χ4n) is 1.82. The number of benzene rings is 1. The van der Waals surface area contributed by atoms with Crippen molar-refractivity contribution in [2.75, 3.05) is 6.61 Å². The molecule has 0 spiro atoms. The molecule has 0 unspecified atom stereocenters. The summed E-state index contributed by atoms with van der Waals surface area (Å²) in [5, 5.41) is 9.84. The third-order valence-corrected chi connectivity index (χ3v) is 3.93. The maximum absolute atomic E-state index is 11.0. The third kappa shape index (κ3) is 3.57. The second kappa shape index (κ2) is 6.52. The molecule has 1 aromatic heterocycles. The zero-order chi connectivity index (χ0) is 14.5. The summed E-state index contributed by atoms with van der Waals surface area (Å²) in [6.45, 7) is 4.51. The second-order valence-corrected chi connectivity index (χ2v) is 5.58. The van der Waals surface area contributed by atoms with Gasteiger partial charge in [0.05, 0.1) is 17.3 Å². The van der Waals surface area contributed by atoms with Crippen LogP contribution in [0.1, 0.15) is 39.3 Å². The fraction of sp³-hybridized carbons (Fsp3) is 0.333. The van der Waals surface area contributed by atoms with E-state index in [4.69, 9.17) is 9.84 Å². The molecule has 0 atom stereocenters. The highest BCUT2D eigenvalue weighted by molar-refractivity contribution is 7.13. The van der Waals surface area contributed by atoms with Crippen LogP contribution >= 0.6 is 11.3 Å². The summed E-state index contributed by atoms with van der Waals surface area (Å²) in [6, 6.07) is 7.84. The number of rotatable bonds is 6. The van der Waals surface area contributed by atoms with Crippen molar-refractivity contribution in [3.05, 3.63) is 45.4 Å². The molecule has 2 rings (SSSR count). The normalized spacial score (nSPS) is 10.5. The Hall–Kier alpha value is -1.88. The average Bonchev–Trinajstić information content (AvgIpc) is 2.79. The Morgan fingerprint density at radius 1 is 1.35 bits per heavy atom. The van der Waals surface area contributed by atoms with Crippen molar-refractivity contribution in [2.24, 2.45) is 0 Å². The highest BCUT2D eigenvalue weighted by Crippen LogP contribution is 2.22. The number of aromatic nitrogens is 1. The number of aromatic carboxylic acids is 1. The topological polar surface area (TPSA) is 59.4 Å². The molecule has 106 valence electrons. The number of ether oxygens (including phenoxy) is 1. The Labute approximate surface area is 122 Å². The van der Waals surface area contributed by atoms with Gasteiger partial charge in [0.1, 0.15) is 10.6 Å². The number of hydrogen-bond acceptors (Lipinski definition) is 4. The van der Waals surface area contributed by atoms with Crippen LogP contribution < -0.4 is 4.74 Å². The van der Waals surface area contributed by atoms with Crippen LogP contribution in [-0.4, -0.2) is 22.7 Å². The van der Waals surface area contributed by atoms with Crippen LogP contribution in [-0.2, 0) is 6.42 Å². The summed E-state index contributed by atoms with van der Waals surface area (Å²) in [7, 11) is 0. The summed E-state index contributed by atoms with van der Waals surface area (Å²) in [6.07, 6.45) is 1.63. The van der Waals surface area contributed by atoms with Crippen LogP contribution in [0.3, 0.4) is 0 Å². The van der Waals surface area contributed by atoms with E-state index >= 15 is 0 Å². The van der Waals surface area contributed by atoms with E-state index in [9.17, 15) is 4.79 Å². The first-order valence-electron chi connectivity index (χ1n) is 6.51. The molecule has 5 heteroatoms. The number of thiazole rings is 1. The molecule has 0 amide bonds. The Morgan fingerprint density at radius 3 is 2.60 bits per heavy atom. The van der Waals surface area contributed by atoms with Gasteiger partial charge < -0.3 is 9.84 Å². The van der Waals surface area contributed by atoms with Gasteiger partial charge in [-0.2, -0.15) is 0 Å². The van der Waals surface area contributed by atoms with E-state index < -0.39 is 5.97 Å². The van der Waals surface area contributed by atoms with Gasteiger partial charge in [-0.1, -0.05) is 19.1 Å². The molecule has 0 aliphatic carbocycles. The molecule has 0 saturated carbocycles. The predicted octanol–water partition coefficient (Wildman–Crippen LogP) is 3.53. The van der Waals surface area contributed by atoms with Crippen LogP contribution in [0.15, 0.2) is 24.3 Å². The lowest BCUT2D eigenvalue weighted by atomic mass is 10.1. The number of nitrogens with zero attached hydrogens (tertiary/aromatic N) is 1. The van der Waals surface area contributed by atoms with Gasteiger partial charge >= 0.3 is 5.97 Å². The Bertz CT molecular complexity index is 590. The number of carbonyl (C=O) groups is 1. The van der Waals surface area contributed by atoms with Crippen molar-refractivity contribution in [2.45, 2.75) is 26.7 Å². The van der Waals surface area contributed by atoms with Crippen molar-refractivity contribution in [3.63, 3.8) is 0 Å². The molecule has 0 fully saturated rings. The van der Waals surface area contributed by atoms with Crippen molar-refractivity contribution >= 4 is 17.3 Å². The van der Waals surface area contributed by atoms with Gasteiger partial charge in [-0.05, 0) is 31.0 Å². The molecule has 0 saturated heterocycles. The lowest BCUT2D eigenvalue weighted by molar-refractivity contribution is 0.0701. The molecule has 1 N–H and O–H groups in total. The lowest BCUT2D eigenvalue weighted by Crippen LogP contribution is -1.95. The quantitative estimate of drug-likeness (QED) is 0.884. The SMILES string of the molecule is CCCOc1ccc(Cc2nc(C)c(C(=O)O)s2)cc1. The van der Waals surface area contributed by atoms with Gasteiger partial charge in [0.2, 0.25) is 0 Å². The molecule has 1 aromatic carbocycles. The third-order valence-electron chi connectivity index (χ3n) is 2.79. The summed E-state index contributed by atoms with van der Waals surface area (Å²) in [4.78, 5) is 15.6. The van der Waals surface area contributed by atoms with Crippen molar-refractivity contribution in [1.82, 2.24) is 4.98 Å². The van der Waals surface area contributed by atoms with Gasteiger partial charge in [0, 0.05) is 6.42 Å². The molecule has 0 radical (unpaired) electrons. The molecule has 1 heterocycles. The first-order valence-corrected chi connectivity index (χ1v) is 7.33. The average molecular weight is 291 g/mol. The monoisotopic (exact) mass is 291 g/mol. The zero-order valence-electron chi connectivity index (χ0n) is 11.5. The van der Waals surface area contributed by atoms with Crippen molar-refractivity contribution in [3.8, 4) is 5.75 Å². The largest absolute Gasteiger partial charge is 0.494 e. The van der Waals surface area contributed by atoms with Crippen LogP contribution in [0.2, 0.25) is 0 Å². The molecule has 0 bridgehead atoms. The minimum Gasteiger partial charge on any atom is -0.494 e. The summed E-state index contributed by atoms with van der Waals surface area (Å²) >= 11 is 1.24. The van der Waals surface area contributed by atoms with E-state index in [1.54, 1.807) is 6.92 Å². The van der Waals surface area contributed by atoms with E-state index in [0.717, 1.165) is 22.7 Å². The van der Waals surface area contributed by atoms with E-state index in [1.165, 1.54) is 11.3 Å². The van der Waals surface area contributed by atoms with Crippen LogP contribution in [0.4, 0.5) is 0 Å². The van der Waals surface area contributed by atoms with E-state index in [0.29, 0.717) is 23.6 Å². The maximum atomic E-state index is 11.0. The van der Waals surface area contributed by atoms with E-state index in [1.807, 2.05) is 24.3 Å². The number of aryl methyl sites for hydroxylation is 1. The number of carboxylic acids is 1. The minimum absolute atomic E-state index is 0.322. The lowest BCUT2D eigenvalue weighted by Gasteiger charge is -2.05. The van der Waals surface area contributed by atoms with Gasteiger partial charge in [0.25, 0.3) is 0 Å². The van der Waals surface area contributed by atoms with Crippen LogP contribution in [0.25, 0.3) is 0 Å². The molecule has 4 nitrogen and oxygen atoms in total. The van der Waals surface area contributed by atoms with Crippen LogP contribution in [0, 0.1) is 6.92 Å². The molecule has 0 aliphatic heterocycles. The first kappa shape index (κ1) is 14.5. The summed E-state index contributed by atoms with van der Waals surface area (Å²) in [5.74, 6) is -0.0493. The molecule has 20 heavy (non-hydrogen) atoms. The number of hydrogen-bond donors (Lipinski definition) is 1.